The molecule has 1 aromatic heterocycles. The van der Waals surface area contributed by atoms with Crippen molar-refractivity contribution in [3.05, 3.63) is 28.5 Å². The third kappa shape index (κ3) is 3.56. The molecule has 2 unspecified atom stereocenters. The van der Waals surface area contributed by atoms with Crippen molar-refractivity contribution in [2.45, 2.75) is 45.6 Å². The van der Waals surface area contributed by atoms with Crippen molar-refractivity contribution in [3.63, 3.8) is 0 Å². The van der Waals surface area contributed by atoms with Gasteiger partial charge >= 0.3 is 0 Å². The van der Waals surface area contributed by atoms with E-state index in [1.54, 1.807) is 0 Å². The van der Waals surface area contributed by atoms with Crippen LogP contribution in [0.1, 0.15) is 45.2 Å². The summed E-state index contributed by atoms with van der Waals surface area (Å²) in [5.41, 5.74) is 1.15. The maximum Gasteiger partial charge on any atom is 0.0589 e. The highest BCUT2D eigenvalue weighted by atomic mass is 79.9. The summed E-state index contributed by atoms with van der Waals surface area (Å²) >= 11 is 3.57. The Bertz CT molecular complexity index is 315. The molecule has 1 rings (SSSR count). The number of aromatic nitrogens is 1. The fraction of sp³-hybridized carbons (Fsp3) is 0.615. The van der Waals surface area contributed by atoms with Gasteiger partial charge in [-0.25, -0.2) is 0 Å². The largest absolute Gasteiger partial charge is 0.313 e. The zero-order valence-corrected chi connectivity index (χ0v) is 11.9. The molecule has 90 valence electrons. The van der Waals surface area contributed by atoms with Gasteiger partial charge in [0.2, 0.25) is 0 Å². The molecule has 0 aliphatic rings. The maximum atomic E-state index is 4.47. The lowest BCUT2D eigenvalue weighted by Crippen LogP contribution is -2.34. The van der Waals surface area contributed by atoms with E-state index in [0.717, 1.165) is 23.1 Å². The minimum atomic E-state index is 0.437. The van der Waals surface area contributed by atoms with Crippen molar-refractivity contribution in [1.29, 1.82) is 0 Å². The van der Waals surface area contributed by atoms with Crippen molar-refractivity contribution in [2.75, 3.05) is 6.54 Å². The molecular weight excluding hydrogens is 264 g/mol. The van der Waals surface area contributed by atoms with Crippen LogP contribution >= 0.6 is 15.9 Å². The van der Waals surface area contributed by atoms with E-state index in [-0.39, 0.29) is 0 Å². The molecule has 0 amide bonds. The number of halogens is 1. The molecule has 0 aliphatic carbocycles. The zero-order chi connectivity index (χ0) is 12.0. The molecule has 0 aliphatic heterocycles. The van der Waals surface area contributed by atoms with Crippen LogP contribution in [0.25, 0.3) is 0 Å². The summed E-state index contributed by atoms with van der Waals surface area (Å²) in [6.45, 7) is 7.74. The Morgan fingerprint density at radius 1 is 1.44 bits per heavy atom. The van der Waals surface area contributed by atoms with E-state index in [9.17, 15) is 0 Å². The number of rotatable bonds is 6. The first-order chi connectivity index (χ1) is 7.70. The average Bonchev–Trinajstić information content (AvgIpc) is 2.30. The number of hydrogen-bond donors (Lipinski definition) is 1. The average molecular weight is 285 g/mol. The standard InChI is InChI=1S/C13H21BrN2/c1-4-8-15-12(5-2)10(3)13-11(14)7-6-9-16-13/h6-7,9-10,12,15H,4-5,8H2,1-3H3. The Labute approximate surface area is 107 Å². The molecule has 0 bridgehead atoms. The molecule has 0 saturated carbocycles. The fourth-order valence-electron chi connectivity index (χ4n) is 1.93. The molecule has 0 fully saturated rings. The molecule has 0 saturated heterocycles. The molecule has 0 radical (unpaired) electrons. The van der Waals surface area contributed by atoms with E-state index in [0.29, 0.717) is 12.0 Å². The van der Waals surface area contributed by atoms with Crippen LogP contribution in [0, 0.1) is 0 Å². The monoisotopic (exact) mass is 284 g/mol. The van der Waals surface area contributed by atoms with Gasteiger partial charge in [-0.15, -0.1) is 0 Å². The van der Waals surface area contributed by atoms with Gasteiger partial charge in [0.25, 0.3) is 0 Å². The van der Waals surface area contributed by atoms with Gasteiger partial charge in [-0.1, -0.05) is 20.8 Å². The molecule has 1 aromatic rings. The van der Waals surface area contributed by atoms with Crippen LogP contribution in [0.4, 0.5) is 0 Å². The summed E-state index contributed by atoms with van der Waals surface area (Å²) in [5, 5.41) is 3.58. The van der Waals surface area contributed by atoms with Gasteiger partial charge in [0.15, 0.2) is 0 Å². The molecular formula is C13H21BrN2. The minimum absolute atomic E-state index is 0.437. The smallest absolute Gasteiger partial charge is 0.0589 e. The molecule has 1 heterocycles. The van der Waals surface area contributed by atoms with E-state index in [1.165, 1.54) is 6.42 Å². The summed E-state index contributed by atoms with van der Waals surface area (Å²) in [6.07, 6.45) is 4.17. The first-order valence-electron chi connectivity index (χ1n) is 6.04. The van der Waals surface area contributed by atoms with Crippen molar-refractivity contribution in [3.8, 4) is 0 Å². The fourth-order valence-corrected chi connectivity index (χ4v) is 2.54. The van der Waals surface area contributed by atoms with Crippen molar-refractivity contribution < 1.29 is 0 Å². The highest BCUT2D eigenvalue weighted by Gasteiger charge is 2.19. The van der Waals surface area contributed by atoms with Gasteiger partial charge in [-0.05, 0) is 47.4 Å². The van der Waals surface area contributed by atoms with Crippen molar-refractivity contribution in [2.24, 2.45) is 0 Å². The summed E-state index contributed by atoms with van der Waals surface area (Å²) in [5.74, 6) is 0.437. The predicted molar refractivity (Wildman–Crippen MR) is 72.7 cm³/mol. The predicted octanol–water partition coefficient (Wildman–Crippen LogP) is 3.73. The molecule has 1 N–H and O–H groups in total. The summed E-state index contributed by atoms with van der Waals surface area (Å²) in [7, 11) is 0. The van der Waals surface area contributed by atoms with Gasteiger partial charge in [-0.2, -0.15) is 0 Å². The number of nitrogens with one attached hydrogen (secondary N) is 1. The molecule has 16 heavy (non-hydrogen) atoms. The molecule has 0 aromatic carbocycles. The highest BCUT2D eigenvalue weighted by Crippen LogP contribution is 2.26. The molecule has 3 heteroatoms. The van der Waals surface area contributed by atoms with Crippen LogP contribution in [0.5, 0.6) is 0 Å². The number of hydrogen-bond acceptors (Lipinski definition) is 2. The van der Waals surface area contributed by atoms with Crippen LogP contribution in [0.15, 0.2) is 22.8 Å². The first kappa shape index (κ1) is 13.7. The van der Waals surface area contributed by atoms with E-state index in [2.05, 4.69) is 53.1 Å². The highest BCUT2D eigenvalue weighted by molar-refractivity contribution is 9.10. The van der Waals surface area contributed by atoms with Gasteiger partial charge in [-0.3, -0.25) is 4.98 Å². The lowest BCUT2D eigenvalue weighted by Gasteiger charge is -2.24. The Morgan fingerprint density at radius 3 is 2.75 bits per heavy atom. The normalized spacial score (nSPS) is 14.8. The van der Waals surface area contributed by atoms with Gasteiger partial charge < -0.3 is 5.32 Å². The molecule has 2 atom stereocenters. The van der Waals surface area contributed by atoms with E-state index in [4.69, 9.17) is 0 Å². The summed E-state index contributed by atoms with van der Waals surface area (Å²) in [4.78, 5) is 4.47. The second-order valence-corrected chi connectivity index (χ2v) is 4.98. The van der Waals surface area contributed by atoms with E-state index in [1.807, 2.05) is 12.3 Å². The summed E-state index contributed by atoms with van der Waals surface area (Å²) < 4.78 is 1.11. The zero-order valence-electron chi connectivity index (χ0n) is 10.3. The van der Waals surface area contributed by atoms with Gasteiger partial charge in [0, 0.05) is 22.6 Å². The lowest BCUT2D eigenvalue weighted by atomic mass is 9.95. The Hall–Kier alpha value is -0.410. The second-order valence-electron chi connectivity index (χ2n) is 4.13. The Morgan fingerprint density at radius 2 is 2.19 bits per heavy atom. The Balaban J connectivity index is 2.74. The van der Waals surface area contributed by atoms with Crippen molar-refractivity contribution in [1.82, 2.24) is 10.3 Å². The first-order valence-corrected chi connectivity index (χ1v) is 6.83. The third-order valence-corrected chi connectivity index (χ3v) is 3.59. The van der Waals surface area contributed by atoms with Gasteiger partial charge in [0.1, 0.15) is 0 Å². The van der Waals surface area contributed by atoms with Crippen LogP contribution in [0.2, 0.25) is 0 Å². The quantitative estimate of drug-likeness (QED) is 0.861. The van der Waals surface area contributed by atoms with E-state index < -0.39 is 0 Å². The SMILES string of the molecule is CCCNC(CC)C(C)c1ncccc1Br. The number of pyridine rings is 1. The topological polar surface area (TPSA) is 24.9 Å². The Kier molecular flexibility index (Phi) is 5.99. The molecule has 2 nitrogen and oxygen atoms in total. The van der Waals surface area contributed by atoms with Crippen LogP contribution in [0.3, 0.4) is 0 Å². The number of nitrogens with zero attached hydrogens (tertiary/aromatic N) is 1. The van der Waals surface area contributed by atoms with Crippen LogP contribution < -0.4 is 5.32 Å². The third-order valence-electron chi connectivity index (χ3n) is 2.92. The maximum absolute atomic E-state index is 4.47. The van der Waals surface area contributed by atoms with Crippen LogP contribution in [-0.4, -0.2) is 17.6 Å². The van der Waals surface area contributed by atoms with E-state index >= 15 is 0 Å². The van der Waals surface area contributed by atoms with Crippen LogP contribution in [-0.2, 0) is 0 Å². The lowest BCUT2D eigenvalue weighted by molar-refractivity contribution is 0.432. The van der Waals surface area contributed by atoms with Crippen molar-refractivity contribution >= 4 is 15.9 Å². The molecule has 0 spiro atoms. The summed E-state index contributed by atoms with van der Waals surface area (Å²) in [6, 6.07) is 4.53. The second kappa shape index (κ2) is 7.02. The van der Waals surface area contributed by atoms with Gasteiger partial charge in [0.05, 0.1) is 5.69 Å². The minimum Gasteiger partial charge on any atom is -0.313 e.